The molecule has 25 heavy (non-hydrogen) atoms. The first-order chi connectivity index (χ1) is 11.6. The summed E-state index contributed by atoms with van der Waals surface area (Å²) >= 11 is 0. The highest BCUT2D eigenvalue weighted by atomic mass is 35.5. The highest BCUT2D eigenvalue weighted by molar-refractivity contribution is 6.03. The standard InChI is InChI=1S/C18H21N3O3.ClH/c1-21-12-2-3-16(21)17(22)20-14-6-4-13(5-7-14)18(23)24-15-8-10-19-11-9-15;/h2-7,12,15,19H,8-11H2,1H3,(H,20,22);1H. The largest absolute Gasteiger partial charge is 0.459 e. The molecule has 0 saturated carbocycles. The molecule has 0 unspecified atom stereocenters. The number of nitrogens with zero attached hydrogens (tertiary/aromatic N) is 1. The van der Waals surface area contributed by atoms with Gasteiger partial charge in [-0.1, -0.05) is 0 Å². The lowest BCUT2D eigenvalue weighted by Crippen LogP contribution is -2.33. The Balaban J connectivity index is 0.00000225. The van der Waals surface area contributed by atoms with Crippen LogP contribution in [0.4, 0.5) is 5.69 Å². The van der Waals surface area contributed by atoms with Crippen molar-refractivity contribution in [3.63, 3.8) is 0 Å². The zero-order valence-corrected chi connectivity index (χ0v) is 14.8. The molecular formula is C18H22ClN3O3. The van der Waals surface area contributed by atoms with E-state index in [4.69, 9.17) is 4.74 Å². The SMILES string of the molecule is Cl.Cn1cccc1C(=O)Nc1ccc(C(=O)OC2CCNCC2)cc1. The van der Waals surface area contributed by atoms with Gasteiger partial charge in [-0.05, 0) is 62.3 Å². The van der Waals surface area contributed by atoms with E-state index in [2.05, 4.69) is 10.6 Å². The van der Waals surface area contributed by atoms with E-state index in [-0.39, 0.29) is 30.4 Å². The van der Waals surface area contributed by atoms with Crippen LogP contribution < -0.4 is 10.6 Å². The number of hydrogen-bond acceptors (Lipinski definition) is 4. The Labute approximate surface area is 153 Å². The number of carbonyl (C=O) groups excluding carboxylic acids is 2. The number of halogens is 1. The molecule has 134 valence electrons. The fourth-order valence-corrected chi connectivity index (χ4v) is 2.71. The summed E-state index contributed by atoms with van der Waals surface area (Å²) in [6.45, 7) is 1.75. The number of esters is 1. The molecule has 3 rings (SSSR count). The Morgan fingerprint density at radius 3 is 2.44 bits per heavy atom. The van der Waals surface area contributed by atoms with Gasteiger partial charge in [0.1, 0.15) is 11.8 Å². The summed E-state index contributed by atoms with van der Waals surface area (Å²) in [6, 6.07) is 10.3. The van der Waals surface area contributed by atoms with Gasteiger partial charge in [0.05, 0.1) is 5.56 Å². The van der Waals surface area contributed by atoms with Crippen molar-refractivity contribution in [2.45, 2.75) is 18.9 Å². The van der Waals surface area contributed by atoms with E-state index in [1.165, 1.54) is 0 Å². The zero-order valence-electron chi connectivity index (χ0n) is 14.0. The minimum Gasteiger partial charge on any atom is -0.459 e. The van der Waals surface area contributed by atoms with E-state index >= 15 is 0 Å². The highest BCUT2D eigenvalue weighted by Crippen LogP contribution is 2.15. The van der Waals surface area contributed by atoms with Gasteiger partial charge in [-0.25, -0.2) is 4.79 Å². The first-order valence-corrected chi connectivity index (χ1v) is 8.08. The van der Waals surface area contributed by atoms with Gasteiger partial charge in [0.15, 0.2) is 0 Å². The summed E-state index contributed by atoms with van der Waals surface area (Å²) < 4.78 is 7.25. The van der Waals surface area contributed by atoms with Crippen LogP contribution in [0.5, 0.6) is 0 Å². The van der Waals surface area contributed by atoms with Crippen molar-refractivity contribution in [1.82, 2.24) is 9.88 Å². The van der Waals surface area contributed by atoms with Gasteiger partial charge >= 0.3 is 5.97 Å². The molecule has 2 heterocycles. The molecule has 0 radical (unpaired) electrons. The molecule has 2 N–H and O–H groups in total. The van der Waals surface area contributed by atoms with Crippen LogP contribution in [0.3, 0.4) is 0 Å². The second-order valence-corrected chi connectivity index (χ2v) is 5.89. The Hall–Kier alpha value is -2.31. The number of carbonyl (C=O) groups is 2. The van der Waals surface area contributed by atoms with E-state index in [9.17, 15) is 9.59 Å². The molecule has 0 aliphatic carbocycles. The predicted molar refractivity (Wildman–Crippen MR) is 98.4 cm³/mol. The van der Waals surface area contributed by atoms with E-state index in [1.807, 2.05) is 19.3 Å². The van der Waals surface area contributed by atoms with Gasteiger partial charge in [-0.2, -0.15) is 0 Å². The van der Waals surface area contributed by atoms with Gasteiger partial charge in [0, 0.05) is 18.9 Å². The van der Waals surface area contributed by atoms with Crippen LogP contribution in [0, 0.1) is 0 Å². The summed E-state index contributed by atoms with van der Waals surface area (Å²) in [5, 5.41) is 6.05. The van der Waals surface area contributed by atoms with Crippen LogP contribution in [-0.2, 0) is 11.8 Å². The van der Waals surface area contributed by atoms with Gasteiger partial charge in [0.2, 0.25) is 0 Å². The maximum atomic E-state index is 12.1. The minimum absolute atomic E-state index is 0. The number of aryl methyl sites for hydroxylation is 1. The quantitative estimate of drug-likeness (QED) is 0.819. The highest BCUT2D eigenvalue weighted by Gasteiger charge is 2.18. The molecule has 7 heteroatoms. The van der Waals surface area contributed by atoms with Crippen molar-refractivity contribution in [1.29, 1.82) is 0 Å². The molecule has 0 spiro atoms. The molecule has 2 aromatic rings. The number of rotatable bonds is 4. The molecule has 1 saturated heterocycles. The molecule has 0 bridgehead atoms. The topological polar surface area (TPSA) is 72.4 Å². The number of aromatic nitrogens is 1. The Kier molecular flexibility index (Phi) is 6.61. The lowest BCUT2D eigenvalue weighted by atomic mass is 10.1. The van der Waals surface area contributed by atoms with E-state index in [0.717, 1.165) is 25.9 Å². The van der Waals surface area contributed by atoms with E-state index in [0.29, 0.717) is 16.9 Å². The number of amides is 1. The Bertz CT molecular complexity index is 721. The fraction of sp³-hybridized carbons (Fsp3) is 0.333. The second kappa shape index (κ2) is 8.69. The Morgan fingerprint density at radius 2 is 1.84 bits per heavy atom. The molecule has 6 nitrogen and oxygen atoms in total. The van der Waals surface area contributed by atoms with Crippen LogP contribution in [0.25, 0.3) is 0 Å². The third-order valence-electron chi connectivity index (χ3n) is 4.11. The molecular weight excluding hydrogens is 342 g/mol. The number of hydrogen-bond donors (Lipinski definition) is 2. The van der Waals surface area contributed by atoms with Crippen LogP contribution in [0.1, 0.15) is 33.7 Å². The maximum Gasteiger partial charge on any atom is 0.338 e. The van der Waals surface area contributed by atoms with E-state index in [1.54, 1.807) is 34.9 Å². The third kappa shape index (κ3) is 4.84. The van der Waals surface area contributed by atoms with Gasteiger partial charge in [-0.15, -0.1) is 12.4 Å². The number of nitrogens with one attached hydrogen (secondary N) is 2. The zero-order chi connectivity index (χ0) is 16.9. The lowest BCUT2D eigenvalue weighted by molar-refractivity contribution is 0.0229. The summed E-state index contributed by atoms with van der Waals surface area (Å²) in [6.07, 6.45) is 3.48. The average Bonchev–Trinajstić information content (AvgIpc) is 3.02. The fourth-order valence-electron chi connectivity index (χ4n) is 2.71. The molecule has 1 amide bonds. The number of ether oxygens (including phenoxy) is 1. The van der Waals surface area contributed by atoms with Gasteiger partial charge < -0.3 is 19.9 Å². The van der Waals surface area contributed by atoms with Gasteiger partial charge in [0.25, 0.3) is 5.91 Å². The predicted octanol–water partition coefficient (Wildman–Crippen LogP) is 2.61. The van der Waals surface area contributed by atoms with Crippen molar-refractivity contribution in [2.75, 3.05) is 18.4 Å². The lowest BCUT2D eigenvalue weighted by Gasteiger charge is -2.22. The average molecular weight is 364 g/mol. The first kappa shape index (κ1) is 19.0. The minimum atomic E-state index is -0.317. The van der Waals surface area contributed by atoms with Crippen molar-refractivity contribution < 1.29 is 14.3 Å². The van der Waals surface area contributed by atoms with Crippen LogP contribution in [-0.4, -0.2) is 35.6 Å². The van der Waals surface area contributed by atoms with Crippen LogP contribution >= 0.6 is 12.4 Å². The summed E-state index contributed by atoms with van der Waals surface area (Å²) in [7, 11) is 1.81. The maximum absolute atomic E-state index is 12.1. The molecule has 1 aromatic heterocycles. The smallest absolute Gasteiger partial charge is 0.338 e. The van der Waals surface area contributed by atoms with Gasteiger partial charge in [-0.3, -0.25) is 4.79 Å². The summed E-state index contributed by atoms with van der Waals surface area (Å²) in [5.74, 6) is -0.505. The second-order valence-electron chi connectivity index (χ2n) is 5.89. The first-order valence-electron chi connectivity index (χ1n) is 8.08. The summed E-state index contributed by atoms with van der Waals surface area (Å²) in [4.78, 5) is 24.3. The van der Waals surface area contributed by atoms with E-state index < -0.39 is 0 Å². The molecule has 1 aliphatic rings. The molecule has 1 fully saturated rings. The monoisotopic (exact) mass is 363 g/mol. The number of benzene rings is 1. The normalized spacial score (nSPS) is 14.4. The van der Waals surface area contributed by atoms with Crippen molar-refractivity contribution >= 4 is 30.0 Å². The number of anilines is 1. The van der Waals surface area contributed by atoms with Crippen LogP contribution in [0.15, 0.2) is 42.6 Å². The molecule has 0 atom stereocenters. The summed E-state index contributed by atoms with van der Waals surface area (Å²) in [5.41, 5.74) is 1.70. The third-order valence-corrected chi connectivity index (χ3v) is 4.11. The molecule has 1 aromatic carbocycles. The number of piperidine rings is 1. The van der Waals surface area contributed by atoms with Crippen LogP contribution in [0.2, 0.25) is 0 Å². The van der Waals surface area contributed by atoms with Crippen molar-refractivity contribution in [3.8, 4) is 0 Å². The Morgan fingerprint density at radius 1 is 1.16 bits per heavy atom. The molecule has 1 aliphatic heterocycles. The van der Waals surface area contributed by atoms with Crippen molar-refractivity contribution in [2.24, 2.45) is 7.05 Å². The van der Waals surface area contributed by atoms with Crippen molar-refractivity contribution in [3.05, 3.63) is 53.9 Å².